The van der Waals surface area contributed by atoms with Gasteiger partial charge in [-0.25, -0.2) is 0 Å². The summed E-state index contributed by atoms with van der Waals surface area (Å²) < 4.78 is 10.5. The van der Waals surface area contributed by atoms with Crippen LogP contribution in [-0.4, -0.2) is 15.9 Å². The fourth-order valence-electron chi connectivity index (χ4n) is 1.05. The van der Waals surface area contributed by atoms with Gasteiger partial charge in [0.05, 0.1) is 18.1 Å². The van der Waals surface area contributed by atoms with Crippen LogP contribution in [0.5, 0.6) is 0 Å². The van der Waals surface area contributed by atoms with Crippen LogP contribution >= 0.6 is 7.60 Å². The Morgan fingerprint density at radius 2 is 1.87 bits per heavy atom. The molecule has 0 aliphatic heterocycles. The SMILES string of the molecule is CCCC.N#CC(CP(=O)(O)O)C1CC1. The molecule has 88 valence electrons. The van der Waals surface area contributed by atoms with Crippen LogP contribution in [-0.2, 0) is 4.57 Å². The van der Waals surface area contributed by atoms with Crippen molar-refractivity contribution < 1.29 is 14.4 Å². The maximum Gasteiger partial charge on any atom is 0.326 e. The Hall–Kier alpha value is -0.360. The molecule has 0 spiro atoms. The molecule has 1 aliphatic rings. The molecule has 0 aromatic heterocycles. The molecule has 0 bridgehead atoms. The molecule has 0 aromatic rings. The van der Waals surface area contributed by atoms with E-state index in [4.69, 9.17) is 15.0 Å². The third kappa shape index (κ3) is 8.62. The van der Waals surface area contributed by atoms with Crippen molar-refractivity contribution in [3.8, 4) is 6.07 Å². The van der Waals surface area contributed by atoms with Crippen LogP contribution in [0, 0.1) is 23.2 Å². The van der Waals surface area contributed by atoms with Gasteiger partial charge in [-0.3, -0.25) is 4.57 Å². The van der Waals surface area contributed by atoms with Gasteiger partial charge >= 0.3 is 7.60 Å². The summed E-state index contributed by atoms with van der Waals surface area (Å²) in [5.41, 5.74) is 0. The average molecular weight is 233 g/mol. The highest BCUT2D eigenvalue weighted by Crippen LogP contribution is 2.45. The van der Waals surface area contributed by atoms with E-state index in [1.807, 2.05) is 6.07 Å². The van der Waals surface area contributed by atoms with Gasteiger partial charge in [0.1, 0.15) is 0 Å². The zero-order valence-corrected chi connectivity index (χ0v) is 10.3. The molecule has 0 heterocycles. The lowest BCUT2D eigenvalue weighted by atomic mass is 10.1. The summed E-state index contributed by atoms with van der Waals surface area (Å²) in [6.07, 6.45) is 4.25. The van der Waals surface area contributed by atoms with Crippen molar-refractivity contribution in [3.63, 3.8) is 0 Å². The first kappa shape index (κ1) is 14.6. The van der Waals surface area contributed by atoms with Crippen molar-refractivity contribution in [3.05, 3.63) is 0 Å². The second-order valence-electron chi connectivity index (χ2n) is 3.92. The highest BCUT2D eigenvalue weighted by molar-refractivity contribution is 7.51. The summed E-state index contributed by atoms with van der Waals surface area (Å²) in [5, 5.41) is 8.51. The van der Waals surface area contributed by atoms with Gasteiger partial charge < -0.3 is 9.79 Å². The predicted octanol–water partition coefficient (Wildman–Crippen LogP) is 2.52. The Labute approximate surface area is 91.5 Å². The maximum absolute atomic E-state index is 10.5. The monoisotopic (exact) mass is 233 g/mol. The highest BCUT2D eigenvalue weighted by atomic mass is 31.2. The molecular weight excluding hydrogens is 213 g/mol. The lowest BCUT2D eigenvalue weighted by Gasteiger charge is -2.07. The number of hydrogen-bond donors (Lipinski definition) is 2. The Bertz CT molecular complexity index is 250. The van der Waals surface area contributed by atoms with E-state index < -0.39 is 13.5 Å². The molecule has 5 heteroatoms. The molecule has 0 radical (unpaired) electrons. The third-order valence-electron chi connectivity index (χ3n) is 2.29. The lowest BCUT2D eigenvalue weighted by molar-refractivity contribution is 0.364. The number of nitrogens with zero attached hydrogens (tertiary/aromatic N) is 1. The van der Waals surface area contributed by atoms with Crippen LogP contribution < -0.4 is 0 Å². The second-order valence-corrected chi connectivity index (χ2v) is 5.61. The van der Waals surface area contributed by atoms with Crippen molar-refractivity contribution in [2.24, 2.45) is 11.8 Å². The van der Waals surface area contributed by atoms with Gasteiger partial charge in [0.15, 0.2) is 0 Å². The van der Waals surface area contributed by atoms with Crippen LogP contribution in [0.2, 0.25) is 0 Å². The molecule has 1 atom stereocenters. The Morgan fingerprint density at radius 3 is 2.07 bits per heavy atom. The molecule has 15 heavy (non-hydrogen) atoms. The lowest BCUT2D eigenvalue weighted by Crippen LogP contribution is -2.06. The van der Waals surface area contributed by atoms with Crippen molar-refractivity contribution in [2.45, 2.75) is 39.5 Å². The Balaban J connectivity index is 0.000000423. The summed E-state index contributed by atoms with van der Waals surface area (Å²) in [4.78, 5) is 17.1. The minimum atomic E-state index is -3.97. The molecule has 1 unspecified atom stereocenters. The van der Waals surface area contributed by atoms with Crippen LogP contribution in [0.15, 0.2) is 0 Å². The van der Waals surface area contributed by atoms with Crippen molar-refractivity contribution in [1.29, 1.82) is 5.26 Å². The van der Waals surface area contributed by atoms with Gasteiger partial charge in [0.2, 0.25) is 0 Å². The van der Waals surface area contributed by atoms with Crippen LogP contribution in [0.1, 0.15) is 39.5 Å². The topological polar surface area (TPSA) is 81.3 Å². The summed E-state index contributed by atoms with van der Waals surface area (Å²) >= 11 is 0. The number of unbranched alkanes of at least 4 members (excludes halogenated alkanes) is 1. The van der Waals surface area contributed by atoms with Gasteiger partial charge in [-0.15, -0.1) is 0 Å². The number of nitriles is 1. The normalized spacial score (nSPS) is 17.3. The van der Waals surface area contributed by atoms with Crippen molar-refractivity contribution >= 4 is 7.60 Å². The maximum atomic E-state index is 10.5. The van der Waals surface area contributed by atoms with Gasteiger partial charge in [-0.2, -0.15) is 5.26 Å². The second kappa shape index (κ2) is 7.00. The van der Waals surface area contributed by atoms with E-state index >= 15 is 0 Å². The average Bonchev–Trinajstić information content (AvgIpc) is 2.96. The zero-order chi connectivity index (χ0) is 11.9. The molecule has 0 amide bonds. The minimum absolute atomic E-state index is 0.243. The minimum Gasteiger partial charge on any atom is -0.324 e. The van der Waals surface area contributed by atoms with Gasteiger partial charge in [0.25, 0.3) is 0 Å². The number of hydrogen-bond acceptors (Lipinski definition) is 2. The fourth-order valence-corrected chi connectivity index (χ4v) is 1.94. The standard InChI is InChI=1S/C6H10NO3P.C4H10/c7-3-6(5-1-2-5)4-11(8,9)10;1-3-4-2/h5-6H,1-2,4H2,(H2,8,9,10);3-4H2,1-2H3. The Morgan fingerprint density at radius 1 is 1.40 bits per heavy atom. The quantitative estimate of drug-likeness (QED) is 0.731. The Kier molecular flexibility index (Phi) is 6.84. The van der Waals surface area contributed by atoms with E-state index in [1.165, 1.54) is 12.8 Å². The van der Waals surface area contributed by atoms with Gasteiger partial charge in [-0.1, -0.05) is 26.7 Å². The smallest absolute Gasteiger partial charge is 0.324 e. The van der Waals surface area contributed by atoms with E-state index in [9.17, 15) is 4.57 Å². The summed E-state index contributed by atoms with van der Waals surface area (Å²) in [7, 11) is -3.97. The molecule has 1 aliphatic carbocycles. The number of rotatable bonds is 4. The molecule has 0 saturated heterocycles. The van der Waals surface area contributed by atoms with Crippen LogP contribution in [0.25, 0.3) is 0 Å². The molecule has 4 nitrogen and oxygen atoms in total. The predicted molar refractivity (Wildman–Crippen MR) is 59.3 cm³/mol. The molecule has 1 fully saturated rings. The highest BCUT2D eigenvalue weighted by Gasteiger charge is 2.35. The fraction of sp³-hybridized carbons (Fsp3) is 0.900. The van der Waals surface area contributed by atoms with Crippen LogP contribution in [0.3, 0.4) is 0 Å². The van der Waals surface area contributed by atoms with E-state index in [0.717, 1.165) is 12.8 Å². The molecule has 2 N–H and O–H groups in total. The summed E-state index contributed by atoms with van der Waals surface area (Å²) in [5.74, 6) is -0.191. The van der Waals surface area contributed by atoms with Crippen molar-refractivity contribution in [1.82, 2.24) is 0 Å². The van der Waals surface area contributed by atoms with E-state index in [2.05, 4.69) is 13.8 Å². The van der Waals surface area contributed by atoms with E-state index in [0.29, 0.717) is 0 Å². The molecule has 1 rings (SSSR count). The van der Waals surface area contributed by atoms with E-state index in [-0.39, 0.29) is 12.1 Å². The molecule has 0 aromatic carbocycles. The van der Waals surface area contributed by atoms with Crippen LogP contribution in [0.4, 0.5) is 0 Å². The first-order valence-electron chi connectivity index (χ1n) is 5.38. The van der Waals surface area contributed by atoms with E-state index in [1.54, 1.807) is 0 Å². The molecule has 1 saturated carbocycles. The first-order valence-corrected chi connectivity index (χ1v) is 7.18. The summed E-state index contributed by atoms with van der Waals surface area (Å²) in [6, 6.07) is 1.93. The summed E-state index contributed by atoms with van der Waals surface area (Å²) in [6.45, 7) is 4.36. The van der Waals surface area contributed by atoms with Crippen molar-refractivity contribution in [2.75, 3.05) is 6.16 Å². The first-order chi connectivity index (χ1) is 6.94. The van der Waals surface area contributed by atoms with Gasteiger partial charge in [0, 0.05) is 0 Å². The third-order valence-corrected chi connectivity index (χ3v) is 3.16. The molecular formula is C10H20NO3P. The zero-order valence-electron chi connectivity index (χ0n) is 9.39. The largest absolute Gasteiger partial charge is 0.326 e. The van der Waals surface area contributed by atoms with Gasteiger partial charge in [-0.05, 0) is 18.8 Å².